The molecule has 10 heteroatoms. The fraction of sp³-hybridized carbons (Fsp3) is 0.381. The van der Waals surface area contributed by atoms with E-state index < -0.39 is 58.0 Å². The summed E-state index contributed by atoms with van der Waals surface area (Å²) in [7, 11) is 3.26. The Balaban J connectivity index is 1.98. The molecular formula is C21H22IN3O6. The SMILES string of the molecule is CN(C)[C@@H]1C(O)=C(C(N)=O)C(=N)[C@@]2(O)C(O)=C3C(=O)c4c(O)ccc(I)c4C[C@H]3C[C@@H]12. The van der Waals surface area contributed by atoms with Crippen molar-refractivity contribution in [3.63, 3.8) is 0 Å². The molecule has 4 rings (SSSR count). The van der Waals surface area contributed by atoms with Crippen LogP contribution in [0.1, 0.15) is 22.3 Å². The predicted molar refractivity (Wildman–Crippen MR) is 119 cm³/mol. The third-order valence-electron chi connectivity index (χ3n) is 6.61. The summed E-state index contributed by atoms with van der Waals surface area (Å²) in [6, 6.07) is 2.18. The maximum atomic E-state index is 13.3. The fourth-order valence-electron chi connectivity index (χ4n) is 5.26. The van der Waals surface area contributed by atoms with E-state index in [4.69, 9.17) is 11.1 Å². The average Bonchev–Trinajstić information content (AvgIpc) is 2.67. The monoisotopic (exact) mass is 539 g/mol. The van der Waals surface area contributed by atoms with Crippen molar-refractivity contribution in [1.29, 1.82) is 5.41 Å². The van der Waals surface area contributed by atoms with E-state index in [1.54, 1.807) is 25.1 Å². The number of hydrogen-bond donors (Lipinski definition) is 6. The van der Waals surface area contributed by atoms with E-state index in [1.807, 2.05) is 0 Å². The van der Waals surface area contributed by atoms with E-state index in [1.165, 1.54) is 6.07 Å². The van der Waals surface area contributed by atoms with E-state index in [-0.39, 0.29) is 23.3 Å². The van der Waals surface area contributed by atoms with Crippen LogP contribution < -0.4 is 5.73 Å². The Hall–Kier alpha value is -2.44. The number of ketones is 1. The van der Waals surface area contributed by atoms with Gasteiger partial charge in [0.15, 0.2) is 11.4 Å². The summed E-state index contributed by atoms with van der Waals surface area (Å²) >= 11 is 2.08. The first kappa shape index (κ1) is 21.8. The van der Waals surface area contributed by atoms with Gasteiger partial charge in [0.05, 0.1) is 17.3 Å². The molecule has 0 unspecified atom stereocenters. The third kappa shape index (κ3) is 2.77. The van der Waals surface area contributed by atoms with Crippen LogP contribution in [0.4, 0.5) is 0 Å². The predicted octanol–water partition coefficient (Wildman–Crippen LogP) is 1.18. The van der Waals surface area contributed by atoms with Crippen LogP contribution in [0.2, 0.25) is 0 Å². The molecule has 31 heavy (non-hydrogen) atoms. The number of nitrogens with zero attached hydrogens (tertiary/aromatic N) is 1. The molecule has 0 aliphatic heterocycles. The summed E-state index contributed by atoms with van der Waals surface area (Å²) in [5.74, 6) is -4.55. The standard InChI is InChI=1S/C21H22IN3O6/c1-25(2)15-9-6-7-5-8-10(22)3-4-11(26)13(8)16(27)12(7)19(29)21(9,31)18(23)14(17(15)28)20(24)30/h3-4,7,9,15,23,26,28-29,31H,5-6H2,1-2H3,(H2,24,30)/t7-,9-,15-,21+/m0/s1. The summed E-state index contributed by atoms with van der Waals surface area (Å²) in [6.45, 7) is 0. The van der Waals surface area contributed by atoms with Crippen molar-refractivity contribution in [1.82, 2.24) is 4.90 Å². The number of fused-ring (bicyclic) bond motifs is 3. The molecule has 0 radical (unpaired) electrons. The number of benzene rings is 1. The van der Waals surface area contributed by atoms with Crippen LogP contribution in [-0.4, -0.2) is 68.5 Å². The second kappa shape index (κ2) is 7.04. The summed E-state index contributed by atoms with van der Waals surface area (Å²) in [4.78, 5) is 26.9. The number of aliphatic hydroxyl groups excluding tert-OH is 2. The Kier molecular flexibility index (Phi) is 4.94. The molecule has 0 fully saturated rings. The second-order valence-corrected chi connectivity index (χ2v) is 9.59. The highest BCUT2D eigenvalue weighted by atomic mass is 127. The lowest BCUT2D eigenvalue weighted by atomic mass is 9.58. The maximum Gasteiger partial charge on any atom is 0.254 e. The number of phenolic OH excluding ortho intramolecular Hbond substituents is 1. The highest BCUT2D eigenvalue weighted by Crippen LogP contribution is 2.52. The Morgan fingerprint density at radius 1 is 1.29 bits per heavy atom. The Morgan fingerprint density at radius 2 is 1.94 bits per heavy atom. The topological polar surface area (TPSA) is 168 Å². The van der Waals surface area contributed by atoms with Gasteiger partial charge in [-0.3, -0.25) is 14.5 Å². The molecule has 0 spiro atoms. The molecule has 3 aliphatic rings. The summed E-state index contributed by atoms with van der Waals surface area (Å²) in [5, 5.41) is 52.3. The van der Waals surface area contributed by atoms with Crippen molar-refractivity contribution in [2.45, 2.75) is 24.5 Å². The number of halogens is 1. The Bertz CT molecular complexity index is 1120. The molecule has 0 aromatic heterocycles. The van der Waals surface area contributed by atoms with E-state index in [9.17, 15) is 30.0 Å². The van der Waals surface area contributed by atoms with Crippen LogP contribution in [0.5, 0.6) is 5.75 Å². The lowest BCUT2D eigenvalue weighted by Gasteiger charge is -2.51. The number of rotatable bonds is 2. The first-order valence-electron chi connectivity index (χ1n) is 9.62. The molecule has 7 N–H and O–H groups in total. The molecule has 4 atom stereocenters. The van der Waals surface area contributed by atoms with Crippen molar-refractivity contribution in [2.24, 2.45) is 17.6 Å². The quantitative estimate of drug-likeness (QED) is 0.307. The van der Waals surface area contributed by atoms with Gasteiger partial charge < -0.3 is 31.6 Å². The number of hydrogen-bond acceptors (Lipinski definition) is 8. The van der Waals surface area contributed by atoms with E-state index in [0.717, 1.165) is 3.57 Å². The number of phenols is 1. The zero-order chi connectivity index (χ0) is 23.0. The number of aliphatic hydroxyl groups is 3. The number of nitrogens with two attached hydrogens (primary N) is 1. The van der Waals surface area contributed by atoms with Crippen molar-refractivity contribution >= 4 is 40.0 Å². The van der Waals surface area contributed by atoms with Crippen LogP contribution in [0, 0.1) is 20.8 Å². The molecular weight excluding hydrogens is 517 g/mol. The van der Waals surface area contributed by atoms with E-state index in [2.05, 4.69) is 22.6 Å². The highest BCUT2D eigenvalue weighted by molar-refractivity contribution is 14.1. The number of nitrogens with one attached hydrogen (secondary N) is 1. The van der Waals surface area contributed by atoms with Crippen LogP contribution in [0.25, 0.3) is 0 Å². The number of likely N-dealkylation sites (N-methyl/N-ethyl adjacent to an activating group) is 1. The second-order valence-electron chi connectivity index (χ2n) is 8.43. The van der Waals surface area contributed by atoms with E-state index in [0.29, 0.717) is 12.0 Å². The van der Waals surface area contributed by atoms with Gasteiger partial charge in [-0.05, 0) is 73.1 Å². The van der Waals surface area contributed by atoms with Gasteiger partial charge in [0.25, 0.3) is 5.91 Å². The molecule has 1 amide bonds. The minimum Gasteiger partial charge on any atom is -0.510 e. The van der Waals surface area contributed by atoms with Crippen molar-refractivity contribution in [3.05, 3.63) is 49.5 Å². The highest BCUT2D eigenvalue weighted by Gasteiger charge is 2.61. The lowest BCUT2D eigenvalue weighted by Crippen LogP contribution is -2.63. The molecule has 3 aliphatic carbocycles. The van der Waals surface area contributed by atoms with Gasteiger partial charge in [-0.1, -0.05) is 0 Å². The average molecular weight is 539 g/mol. The van der Waals surface area contributed by atoms with Gasteiger partial charge in [-0.25, -0.2) is 0 Å². The largest absolute Gasteiger partial charge is 0.510 e. The van der Waals surface area contributed by atoms with Gasteiger partial charge in [0.2, 0.25) is 0 Å². The number of carbonyl (C=O) groups is 2. The molecule has 1 aromatic carbocycles. The maximum absolute atomic E-state index is 13.3. The minimum atomic E-state index is -2.39. The molecule has 0 saturated carbocycles. The van der Waals surface area contributed by atoms with Gasteiger partial charge in [0.1, 0.15) is 22.8 Å². The molecule has 0 saturated heterocycles. The van der Waals surface area contributed by atoms with Crippen molar-refractivity contribution < 1.29 is 30.0 Å². The molecule has 164 valence electrons. The van der Waals surface area contributed by atoms with Crippen LogP contribution in [-0.2, 0) is 11.2 Å². The molecule has 9 nitrogen and oxygen atoms in total. The van der Waals surface area contributed by atoms with Gasteiger partial charge >= 0.3 is 0 Å². The smallest absolute Gasteiger partial charge is 0.254 e. The number of allylic oxidation sites excluding steroid dienone is 1. The lowest BCUT2D eigenvalue weighted by molar-refractivity contribution is -0.114. The number of Topliss-reactive ketones (excluding diaryl/α,β-unsaturated/α-hetero) is 1. The van der Waals surface area contributed by atoms with Gasteiger partial charge in [-0.15, -0.1) is 0 Å². The van der Waals surface area contributed by atoms with Crippen LogP contribution in [0.15, 0.2) is 34.8 Å². The molecule has 0 heterocycles. The Morgan fingerprint density at radius 3 is 2.52 bits per heavy atom. The number of aromatic hydroxyl groups is 1. The fourth-order valence-corrected chi connectivity index (χ4v) is 5.93. The van der Waals surface area contributed by atoms with Crippen LogP contribution in [0.3, 0.4) is 0 Å². The first-order valence-corrected chi connectivity index (χ1v) is 10.7. The van der Waals surface area contributed by atoms with E-state index >= 15 is 0 Å². The third-order valence-corrected chi connectivity index (χ3v) is 7.62. The Labute approximate surface area is 191 Å². The minimum absolute atomic E-state index is 0.0618. The summed E-state index contributed by atoms with van der Waals surface area (Å²) in [5.41, 5.74) is 2.29. The summed E-state index contributed by atoms with van der Waals surface area (Å²) < 4.78 is 0.789. The zero-order valence-corrected chi connectivity index (χ0v) is 19.0. The number of primary amides is 1. The number of carbonyl (C=O) groups excluding carboxylic acids is 2. The zero-order valence-electron chi connectivity index (χ0n) is 16.8. The van der Waals surface area contributed by atoms with Gasteiger partial charge in [-0.2, -0.15) is 0 Å². The summed E-state index contributed by atoms with van der Waals surface area (Å²) in [6.07, 6.45) is 0.495. The van der Waals surface area contributed by atoms with Crippen molar-refractivity contribution in [3.8, 4) is 5.75 Å². The normalized spacial score (nSPS) is 30.3. The molecule has 1 aromatic rings. The van der Waals surface area contributed by atoms with Crippen molar-refractivity contribution in [2.75, 3.05) is 14.1 Å². The first-order chi connectivity index (χ1) is 14.4. The number of amides is 1. The molecule has 0 bridgehead atoms. The van der Waals surface area contributed by atoms with Crippen LogP contribution >= 0.6 is 22.6 Å². The van der Waals surface area contributed by atoms with Gasteiger partial charge in [0, 0.05) is 15.1 Å².